The zero-order valence-corrected chi connectivity index (χ0v) is 16.7. The highest BCUT2D eigenvalue weighted by atomic mass is 32.1. The number of fused-ring (bicyclic) bond motifs is 1. The lowest BCUT2D eigenvalue weighted by atomic mass is 9.78. The number of thiophene rings is 1. The molecule has 6 nitrogen and oxygen atoms in total. The van der Waals surface area contributed by atoms with Crippen LogP contribution in [-0.2, 0) is 10.2 Å². The number of nitrogens with two attached hydrogens (primary N) is 1. The summed E-state index contributed by atoms with van der Waals surface area (Å²) in [7, 11) is 3.43. The molecular formula is C19H26N4O2S. The molecule has 0 saturated carbocycles. The first-order chi connectivity index (χ1) is 12.3. The van der Waals surface area contributed by atoms with E-state index in [1.807, 2.05) is 24.0 Å². The van der Waals surface area contributed by atoms with E-state index in [0.717, 1.165) is 35.3 Å². The third-order valence-electron chi connectivity index (χ3n) is 5.16. The first kappa shape index (κ1) is 18.6. The van der Waals surface area contributed by atoms with Crippen molar-refractivity contribution < 1.29 is 9.59 Å². The SMILES string of the molecule is CCC(=O)N1CCC[C@@](C)(c2ccc3c(N)c(C(=O)N(C)C)sc3n2)C1. The molecule has 3 rings (SSSR count). The summed E-state index contributed by atoms with van der Waals surface area (Å²) in [5.41, 5.74) is 7.47. The molecule has 2 aromatic rings. The topological polar surface area (TPSA) is 79.5 Å². The highest BCUT2D eigenvalue weighted by molar-refractivity contribution is 7.21. The van der Waals surface area contributed by atoms with Gasteiger partial charge in [0.25, 0.3) is 5.91 Å². The minimum atomic E-state index is -0.179. The maximum atomic E-state index is 12.3. The Morgan fingerprint density at radius 1 is 1.38 bits per heavy atom. The van der Waals surface area contributed by atoms with Gasteiger partial charge in [-0.15, -0.1) is 11.3 Å². The number of nitrogen functional groups attached to an aromatic ring is 1. The second kappa shape index (κ2) is 6.87. The molecule has 2 aromatic heterocycles. The van der Waals surface area contributed by atoms with E-state index in [0.29, 0.717) is 23.5 Å². The Hall–Kier alpha value is -2.15. The van der Waals surface area contributed by atoms with Gasteiger partial charge in [0.05, 0.1) is 5.69 Å². The normalized spacial score (nSPS) is 20.4. The van der Waals surface area contributed by atoms with Gasteiger partial charge in [-0.25, -0.2) is 4.98 Å². The van der Waals surface area contributed by atoms with Crippen molar-refractivity contribution in [1.82, 2.24) is 14.8 Å². The third kappa shape index (κ3) is 3.16. The number of carbonyl (C=O) groups excluding carboxylic acids is 2. The van der Waals surface area contributed by atoms with Crippen LogP contribution >= 0.6 is 11.3 Å². The molecule has 0 bridgehead atoms. The van der Waals surface area contributed by atoms with E-state index in [1.54, 1.807) is 14.1 Å². The van der Waals surface area contributed by atoms with Gasteiger partial charge in [0.1, 0.15) is 9.71 Å². The first-order valence-electron chi connectivity index (χ1n) is 8.95. The number of pyridine rings is 1. The summed E-state index contributed by atoms with van der Waals surface area (Å²) in [6.07, 6.45) is 2.49. The molecule has 2 amide bonds. The fourth-order valence-corrected chi connectivity index (χ4v) is 4.70. The Morgan fingerprint density at radius 3 is 2.77 bits per heavy atom. The summed E-state index contributed by atoms with van der Waals surface area (Å²) >= 11 is 1.34. The fraction of sp³-hybridized carbons (Fsp3) is 0.526. The van der Waals surface area contributed by atoms with Crippen molar-refractivity contribution in [2.45, 2.75) is 38.5 Å². The van der Waals surface area contributed by atoms with Crippen LogP contribution in [-0.4, -0.2) is 53.8 Å². The summed E-state index contributed by atoms with van der Waals surface area (Å²) in [6.45, 7) is 5.57. The van der Waals surface area contributed by atoms with Crippen LogP contribution in [0.2, 0.25) is 0 Å². The molecule has 26 heavy (non-hydrogen) atoms. The van der Waals surface area contributed by atoms with E-state index in [9.17, 15) is 9.59 Å². The van der Waals surface area contributed by atoms with Gasteiger partial charge in [0.2, 0.25) is 5.91 Å². The third-order valence-corrected chi connectivity index (χ3v) is 6.27. The van der Waals surface area contributed by atoms with Gasteiger partial charge in [0, 0.05) is 50.1 Å². The summed E-state index contributed by atoms with van der Waals surface area (Å²) in [5, 5.41) is 0.824. The van der Waals surface area contributed by atoms with Gasteiger partial charge < -0.3 is 15.5 Å². The van der Waals surface area contributed by atoms with E-state index >= 15 is 0 Å². The van der Waals surface area contributed by atoms with Crippen LogP contribution in [0, 0.1) is 0 Å². The molecule has 0 radical (unpaired) electrons. The number of hydrogen-bond donors (Lipinski definition) is 1. The maximum Gasteiger partial charge on any atom is 0.265 e. The molecule has 1 atom stereocenters. The summed E-state index contributed by atoms with van der Waals surface area (Å²) < 4.78 is 0. The van der Waals surface area contributed by atoms with E-state index < -0.39 is 0 Å². The molecule has 0 spiro atoms. The molecule has 0 aliphatic carbocycles. The van der Waals surface area contributed by atoms with Crippen LogP contribution in [0.5, 0.6) is 0 Å². The van der Waals surface area contributed by atoms with E-state index in [2.05, 4.69) is 6.92 Å². The molecule has 1 fully saturated rings. The second-order valence-corrected chi connectivity index (χ2v) is 8.43. The van der Waals surface area contributed by atoms with Crippen LogP contribution in [0.25, 0.3) is 10.2 Å². The van der Waals surface area contributed by atoms with Crippen molar-refractivity contribution in [2.24, 2.45) is 0 Å². The van der Waals surface area contributed by atoms with Gasteiger partial charge in [0.15, 0.2) is 0 Å². The lowest BCUT2D eigenvalue weighted by Crippen LogP contribution is -2.47. The number of rotatable bonds is 3. The molecule has 0 aromatic carbocycles. The highest BCUT2D eigenvalue weighted by Crippen LogP contribution is 2.38. The van der Waals surface area contributed by atoms with Gasteiger partial charge in [-0.1, -0.05) is 13.8 Å². The number of hydrogen-bond acceptors (Lipinski definition) is 5. The zero-order valence-electron chi connectivity index (χ0n) is 15.8. The van der Waals surface area contributed by atoms with Crippen LogP contribution < -0.4 is 5.73 Å². The Bertz CT molecular complexity index is 861. The predicted octanol–water partition coefficient (Wildman–Crippen LogP) is 2.87. The minimum Gasteiger partial charge on any atom is -0.397 e. The van der Waals surface area contributed by atoms with Crippen LogP contribution in [0.15, 0.2) is 12.1 Å². The minimum absolute atomic E-state index is 0.101. The van der Waals surface area contributed by atoms with Crippen molar-refractivity contribution in [3.05, 3.63) is 22.7 Å². The standard InChI is InChI=1S/C19H26N4O2S/c1-5-14(24)23-10-6-9-19(2,11-23)13-8-7-12-15(20)16(18(25)22(3)4)26-17(12)21-13/h7-8H,5-6,9-11,20H2,1-4H3/t19-/m1/s1. The van der Waals surface area contributed by atoms with E-state index in [4.69, 9.17) is 10.7 Å². The molecule has 7 heteroatoms. The number of carbonyl (C=O) groups is 2. The molecule has 3 heterocycles. The van der Waals surface area contributed by atoms with E-state index in [1.165, 1.54) is 16.2 Å². The van der Waals surface area contributed by atoms with Crippen LogP contribution in [0.1, 0.15) is 48.5 Å². The summed E-state index contributed by atoms with van der Waals surface area (Å²) in [6, 6.07) is 3.96. The number of aromatic nitrogens is 1. The number of anilines is 1. The fourth-order valence-electron chi connectivity index (χ4n) is 3.58. The Labute approximate surface area is 158 Å². The Balaban J connectivity index is 1.98. The smallest absolute Gasteiger partial charge is 0.265 e. The molecule has 140 valence electrons. The first-order valence-corrected chi connectivity index (χ1v) is 9.77. The van der Waals surface area contributed by atoms with Gasteiger partial charge in [-0.05, 0) is 25.0 Å². The number of likely N-dealkylation sites (tertiary alicyclic amines) is 1. The maximum absolute atomic E-state index is 12.3. The quantitative estimate of drug-likeness (QED) is 0.896. The van der Waals surface area contributed by atoms with Gasteiger partial charge >= 0.3 is 0 Å². The number of nitrogens with zero attached hydrogens (tertiary/aromatic N) is 3. The molecule has 2 N–H and O–H groups in total. The van der Waals surface area contributed by atoms with Crippen molar-refractivity contribution in [3.63, 3.8) is 0 Å². The largest absolute Gasteiger partial charge is 0.397 e. The average molecular weight is 375 g/mol. The van der Waals surface area contributed by atoms with Gasteiger partial charge in [-0.3, -0.25) is 9.59 Å². The lowest BCUT2D eigenvalue weighted by Gasteiger charge is -2.40. The van der Waals surface area contributed by atoms with E-state index in [-0.39, 0.29) is 17.2 Å². The molecule has 0 unspecified atom stereocenters. The molecule has 1 aliphatic heterocycles. The molecular weight excluding hydrogens is 348 g/mol. The zero-order chi connectivity index (χ0) is 19.1. The monoisotopic (exact) mass is 374 g/mol. The Morgan fingerprint density at radius 2 is 2.12 bits per heavy atom. The van der Waals surface area contributed by atoms with Crippen molar-refractivity contribution >= 4 is 39.1 Å². The predicted molar refractivity (Wildman–Crippen MR) is 106 cm³/mol. The number of amides is 2. The Kier molecular flexibility index (Phi) is 4.92. The van der Waals surface area contributed by atoms with Gasteiger partial charge in [-0.2, -0.15) is 0 Å². The molecule has 1 saturated heterocycles. The average Bonchev–Trinajstić information content (AvgIpc) is 2.96. The van der Waals surface area contributed by atoms with Crippen molar-refractivity contribution in [3.8, 4) is 0 Å². The highest BCUT2D eigenvalue weighted by Gasteiger charge is 2.35. The summed E-state index contributed by atoms with van der Waals surface area (Å²) in [4.78, 5) is 34.1. The summed E-state index contributed by atoms with van der Waals surface area (Å²) in [5.74, 6) is 0.0897. The second-order valence-electron chi connectivity index (χ2n) is 7.43. The lowest BCUT2D eigenvalue weighted by molar-refractivity contribution is -0.133. The van der Waals surface area contributed by atoms with Crippen LogP contribution in [0.3, 0.4) is 0 Å². The van der Waals surface area contributed by atoms with Crippen LogP contribution in [0.4, 0.5) is 5.69 Å². The van der Waals surface area contributed by atoms with Crippen molar-refractivity contribution in [1.29, 1.82) is 0 Å². The van der Waals surface area contributed by atoms with Crippen molar-refractivity contribution in [2.75, 3.05) is 32.9 Å². The molecule has 1 aliphatic rings. The number of piperidine rings is 1.